The summed E-state index contributed by atoms with van der Waals surface area (Å²) in [4.78, 5) is 10.5. The molecular weight excluding hydrogens is 560 g/mol. The first-order valence-corrected chi connectivity index (χ1v) is 12.1. The van der Waals surface area contributed by atoms with Gasteiger partial charge in [-0.15, -0.1) is 0 Å². The van der Waals surface area contributed by atoms with E-state index in [2.05, 4.69) is 40.1 Å². The maximum Gasteiger partial charge on any atom is 0.186 e. The van der Waals surface area contributed by atoms with Crippen molar-refractivity contribution in [2.45, 2.75) is 98.2 Å². The van der Waals surface area contributed by atoms with E-state index in [0.717, 1.165) is 0 Å². The number of aliphatic hydroxyl groups excluding tert-OH is 7. The molecule has 2 saturated heterocycles. The summed E-state index contributed by atoms with van der Waals surface area (Å²) in [5.41, 5.74) is 35.6. The largest absolute Gasteiger partial charge is 0.394 e. The summed E-state index contributed by atoms with van der Waals surface area (Å²) in [5.74, 6) is 0. The normalized spacial score (nSPS) is 44.3. The molecule has 41 heavy (non-hydrogen) atoms. The SMILES string of the molecule is [N-]=[N+]=NC[C@H]1O[C@H](O[C@H]2[C@H](O)[C@@H](O[C@@H]3O[C@H](CO)[C@@H](O)[C@H](N=[N+]=[N-])[C@H]3O)[C@H](N=[N+]=[N-])C[C@@H]2N=[N+]=[N-])[C@H](O)[C@@H](O)[C@@H]1O. The lowest BCUT2D eigenvalue weighted by Gasteiger charge is -2.47. The van der Waals surface area contributed by atoms with Gasteiger partial charge in [0.15, 0.2) is 12.6 Å². The standard InChI is InChI=1S/C18H28N12O11/c19-27-23-2-6-10(33)12(35)13(36)18(38-6)41-16-5(25-29-21)1-4(24-28-20)15(14(16)37)40-17-11(34)8(26-30-22)9(32)7(3-31)39-17/h4-18,31-37H,1-3H2/t4-,5+,6-,7-,8+,9-,10-,11-,12+,13-,14-,15+,16-,17+,18-/m1/s1. The Balaban J connectivity index is 1.91. The van der Waals surface area contributed by atoms with Crippen LogP contribution in [0.5, 0.6) is 0 Å². The maximum atomic E-state index is 11.3. The summed E-state index contributed by atoms with van der Waals surface area (Å²) in [5, 5.41) is 86.3. The third-order valence-electron chi connectivity index (χ3n) is 6.92. The van der Waals surface area contributed by atoms with Gasteiger partial charge in [-0.25, -0.2) is 0 Å². The van der Waals surface area contributed by atoms with Crippen molar-refractivity contribution in [1.82, 2.24) is 0 Å². The molecule has 2 heterocycles. The van der Waals surface area contributed by atoms with Crippen molar-refractivity contribution in [2.75, 3.05) is 13.2 Å². The molecule has 0 amide bonds. The lowest BCUT2D eigenvalue weighted by Crippen LogP contribution is -2.65. The van der Waals surface area contributed by atoms with Crippen LogP contribution in [0.4, 0.5) is 0 Å². The molecule has 0 aromatic heterocycles. The van der Waals surface area contributed by atoms with Crippen LogP contribution in [0.25, 0.3) is 41.8 Å². The molecule has 3 fully saturated rings. The third-order valence-corrected chi connectivity index (χ3v) is 6.92. The highest BCUT2D eigenvalue weighted by Gasteiger charge is 2.53. The van der Waals surface area contributed by atoms with E-state index in [1.807, 2.05) is 0 Å². The van der Waals surface area contributed by atoms with Crippen molar-refractivity contribution >= 4 is 0 Å². The molecule has 0 bridgehead atoms. The second-order valence-corrected chi connectivity index (χ2v) is 9.30. The van der Waals surface area contributed by atoms with E-state index in [0.29, 0.717) is 0 Å². The van der Waals surface area contributed by atoms with Crippen molar-refractivity contribution in [1.29, 1.82) is 0 Å². The topological polar surface area (TPSA) is 374 Å². The molecule has 23 nitrogen and oxygen atoms in total. The fourth-order valence-corrected chi connectivity index (χ4v) is 4.84. The van der Waals surface area contributed by atoms with Gasteiger partial charge in [0.05, 0.1) is 55.7 Å². The number of ether oxygens (including phenoxy) is 4. The van der Waals surface area contributed by atoms with Gasteiger partial charge in [0.2, 0.25) is 0 Å². The molecule has 3 aliphatic rings. The summed E-state index contributed by atoms with van der Waals surface area (Å²) in [7, 11) is 0. The maximum absolute atomic E-state index is 11.3. The number of nitrogens with zero attached hydrogens (tertiary/aromatic N) is 12. The van der Waals surface area contributed by atoms with Crippen LogP contribution in [0, 0.1) is 0 Å². The zero-order valence-electron chi connectivity index (χ0n) is 20.9. The van der Waals surface area contributed by atoms with Crippen LogP contribution in [0.2, 0.25) is 0 Å². The van der Waals surface area contributed by atoms with Crippen LogP contribution in [0.1, 0.15) is 6.42 Å². The summed E-state index contributed by atoms with van der Waals surface area (Å²) in [6.45, 7) is -1.26. The molecule has 0 radical (unpaired) electrons. The first-order valence-electron chi connectivity index (χ1n) is 12.1. The number of hydrogen-bond acceptors (Lipinski definition) is 15. The molecule has 15 atom stereocenters. The minimum absolute atomic E-state index is 0.328. The Morgan fingerprint density at radius 3 is 1.68 bits per heavy atom. The van der Waals surface area contributed by atoms with Crippen molar-refractivity contribution in [2.24, 2.45) is 20.5 Å². The number of hydrogen-bond donors (Lipinski definition) is 7. The summed E-state index contributed by atoms with van der Waals surface area (Å²) >= 11 is 0. The quantitative estimate of drug-likeness (QED) is 0.0840. The van der Waals surface area contributed by atoms with Gasteiger partial charge in [0.1, 0.15) is 36.6 Å². The Morgan fingerprint density at radius 1 is 0.634 bits per heavy atom. The summed E-state index contributed by atoms with van der Waals surface area (Å²) in [6.07, 6.45) is -20.6. The van der Waals surface area contributed by atoms with Gasteiger partial charge in [0, 0.05) is 19.6 Å². The van der Waals surface area contributed by atoms with Crippen LogP contribution < -0.4 is 0 Å². The first kappa shape index (κ1) is 32.3. The molecule has 0 aromatic rings. The van der Waals surface area contributed by atoms with E-state index in [4.69, 9.17) is 41.1 Å². The number of aliphatic hydroxyl groups is 7. The minimum Gasteiger partial charge on any atom is -0.394 e. The minimum atomic E-state index is -1.90. The van der Waals surface area contributed by atoms with Crippen LogP contribution >= 0.6 is 0 Å². The lowest BCUT2D eigenvalue weighted by atomic mass is 9.84. The smallest absolute Gasteiger partial charge is 0.186 e. The molecule has 0 aromatic carbocycles. The van der Waals surface area contributed by atoms with Crippen molar-refractivity contribution < 1.29 is 54.7 Å². The van der Waals surface area contributed by atoms with E-state index in [-0.39, 0.29) is 6.42 Å². The monoisotopic (exact) mass is 588 g/mol. The van der Waals surface area contributed by atoms with Crippen LogP contribution in [0.3, 0.4) is 0 Å². The Kier molecular flexibility index (Phi) is 11.5. The van der Waals surface area contributed by atoms with E-state index in [1.54, 1.807) is 0 Å². The highest BCUT2D eigenvalue weighted by molar-refractivity contribution is 5.04. The molecule has 3 rings (SSSR count). The second-order valence-electron chi connectivity index (χ2n) is 9.30. The van der Waals surface area contributed by atoms with Crippen molar-refractivity contribution in [3.63, 3.8) is 0 Å². The van der Waals surface area contributed by atoms with Gasteiger partial charge in [-0.3, -0.25) is 0 Å². The number of rotatable bonds is 10. The Morgan fingerprint density at radius 2 is 1.17 bits per heavy atom. The van der Waals surface area contributed by atoms with Gasteiger partial charge in [0.25, 0.3) is 0 Å². The van der Waals surface area contributed by atoms with Gasteiger partial charge in [-0.05, 0) is 28.5 Å². The lowest BCUT2D eigenvalue weighted by molar-refractivity contribution is -0.331. The molecule has 2 aliphatic heterocycles. The highest BCUT2D eigenvalue weighted by Crippen LogP contribution is 2.35. The zero-order valence-corrected chi connectivity index (χ0v) is 20.9. The summed E-state index contributed by atoms with van der Waals surface area (Å²) < 4.78 is 22.2. The fraction of sp³-hybridized carbons (Fsp3) is 1.00. The highest BCUT2D eigenvalue weighted by atomic mass is 16.7. The average molecular weight is 588 g/mol. The number of azide groups is 4. The molecule has 7 N–H and O–H groups in total. The molecular formula is C18H28N12O11. The van der Waals surface area contributed by atoms with E-state index in [9.17, 15) is 35.7 Å². The molecule has 0 spiro atoms. The Bertz CT molecular complexity index is 1100. The summed E-state index contributed by atoms with van der Waals surface area (Å²) in [6, 6.07) is -4.13. The predicted molar refractivity (Wildman–Crippen MR) is 128 cm³/mol. The molecule has 1 saturated carbocycles. The van der Waals surface area contributed by atoms with Gasteiger partial charge >= 0.3 is 0 Å². The second kappa shape index (κ2) is 14.6. The van der Waals surface area contributed by atoms with E-state index in [1.165, 1.54) is 0 Å². The first-order chi connectivity index (χ1) is 19.6. The molecule has 23 heteroatoms. The predicted octanol–water partition coefficient (Wildman–Crippen LogP) is -1.88. The average Bonchev–Trinajstić information content (AvgIpc) is 2.95. The third kappa shape index (κ3) is 7.00. The van der Waals surface area contributed by atoms with Crippen molar-refractivity contribution in [3.05, 3.63) is 41.8 Å². The van der Waals surface area contributed by atoms with Gasteiger partial charge in [-0.2, -0.15) is 0 Å². The Hall–Kier alpha value is -3.20. The molecule has 0 unspecified atom stereocenters. The van der Waals surface area contributed by atoms with Crippen LogP contribution in [-0.4, -0.2) is 141 Å². The molecule has 1 aliphatic carbocycles. The van der Waals surface area contributed by atoms with Crippen LogP contribution in [0.15, 0.2) is 20.5 Å². The molecule has 226 valence electrons. The zero-order chi connectivity index (χ0) is 30.3. The van der Waals surface area contributed by atoms with E-state index >= 15 is 0 Å². The van der Waals surface area contributed by atoms with Gasteiger partial charge in [-0.1, -0.05) is 20.5 Å². The fourth-order valence-electron chi connectivity index (χ4n) is 4.84. The Labute approximate surface area is 228 Å². The van der Waals surface area contributed by atoms with E-state index < -0.39 is 105 Å². The van der Waals surface area contributed by atoms with Crippen LogP contribution in [-0.2, 0) is 18.9 Å². The van der Waals surface area contributed by atoms with Gasteiger partial charge < -0.3 is 54.7 Å². The van der Waals surface area contributed by atoms with Crippen molar-refractivity contribution in [3.8, 4) is 0 Å².